The van der Waals surface area contributed by atoms with Gasteiger partial charge in [0, 0.05) is 19.5 Å². The maximum absolute atomic E-state index is 12.2. The van der Waals surface area contributed by atoms with Crippen LogP contribution >= 0.6 is 0 Å². The molecule has 20 heavy (non-hydrogen) atoms. The van der Waals surface area contributed by atoms with E-state index >= 15 is 0 Å². The number of hydrogen-bond acceptors (Lipinski definition) is 5. The lowest BCUT2D eigenvalue weighted by molar-refractivity contribution is -0.137. The van der Waals surface area contributed by atoms with E-state index in [2.05, 4.69) is 5.32 Å². The van der Waals surface area contributed by atoms with Gasteiger partial charge in [-0.15, -0.1) is 0 Å². The van der Waals surface area contributed by atoms with Crippen LogP contribution in [0.4, 0.5) is 0 Å². The van der Waals surface area contributed by atoms with Crippen LogP contribution < -0.4 is 5.32 Å². The molecule has 2 N–H and O–H groups in total. The lowest BCUT2D eigenvalue weighted by Gasteiger charge is -2.33. The molecular formula is C11H20N2O6S. The van der Waals surface area contributed by atoms with Crippen molar-refractivity contribution in [2.24, 2.45) is 0 Å². The van der Waals surface area contributed by atoms with E-state index in [0.29, 0.717) is 6.54 Å². The molecule has 0 aliphatic carbocycles. The smallest absolute Gasteiger partial charge is 0.303 e. The molecule has 1 heterocycles. The highest BCUT2D eigenvalue weighted by atomic mass is 32.2. The summed E-state index contributed by atoms with van der Waals surface area (Å²) in [5, 5.41) is 11.1. The van der Waals surface area contributed by atoms with Gasteiger partial charge in [-0.3, -0.25) is 9.59 Å². The molecule has 1 fully saturated rings. The Morgan fingerprint density at radius 3 is 2.75 bits per heavy atom. The average Bonchev–Trinajstić information content (AvgIpc) is 2.38. The van der Waals surface area contributed by atoms with E-state index in [1.807, 2.05) is 0 Å². The van der Waals surface area contributed by atoms with Crippen molar-refractivity contribution in [3.63, 3.8) is 0 Å². The third-order valence-corrected chi connectivity index (χ3v) is 4.84. The highest BCUT2D eigenvalue weighted by Gasteiger charge is 2.36. The zero-order chi connectivity index (χ0) is 15.2. The van der Waals surface area contributed by atoms with Gasteiger partial charge in [-0.25, -0.2) is 8.42 Å². The summed E-state index contributed by atoms with van der Waals surface area (Å²) in [6.07, 6.45) is -0.188. The molecule has 0 bridgehead atoms. The number of rotatable bonds is 7. The number of morpholine rings is 1. The maximum atomic E-state index is 12.2. The van der Waals surface area contributed by atoms with Crippen LogP contribution in [0.5, 0.6) is 0 Å². The molecule has 9 heteroatoms. The number of carboxylic acid groups (broad SMARTS) is 1. The second-order valence-electron chi connectivity index (χ2n) is 4.41. The summed E-state index contributed by atoms with van der Waals surface area (Å²) in [5.74, 6) is -1.72. The van der Waals surface area contributed by atoms with Gasteiger partial charge in [0.15, 0.2) is 0 Å². The highest BCUT2D eigenvalue weighted by molar-refractivity contribution is 7.89. The fourth-order valence-corrected chi connectivity index (χ4v) is 3.58. The Balaban J connectivity index is 2.72. The van der Waals surface area contributed by atoms with E-state index in [1.54, 1.807) is 6.92 Å². The number of carbonyl (C=O) groups is 2. The van der Waals surface area contributed by atoms with Gasteiger partial charge in [0.25, 0.3) is 0 Å². The van der Waals surface area contributed by atoms with E-state index in [1.165, 1.54) is 0 Å². The number of nitrogens with one attached hydrogen (secondary N) is 1. The number of ether oxygens (including phenoxy) is 1. The van der Waals surface area contributed by atoms with Crippen LogP contribution in [0, 0.1) is 0 Å². The van der Waals surface area contributed by atoms with Crippen LogP contribution in [0.2, 0.25) is 0 Å². The third-order valence-electron chi connectivity index (χ3n) is 2.88. The normalized spacial score (nSPS) is 20.6. The molecule has 0 saturated carbocycles. The second kappa shape index (κ2) is 7.55. The molecule has 1 rings (SSSR count). The Kier molecular flexibility index (Phi) is 6.37. The SMILES string of the molecule is CCNC(=O)C1COCCN1S(=O)(=O)CCCC(=O)O. The predicted octanol–water partition coefficient (Wildman–Crippen LogP) is -0.982. The van der Waals surface area contributed by atoms with Crippen molar-refractivity contribution in [2.75, 3.05) is 32.1 Å². The Hall–Kier alpha value is -1.19. The number of carbonyl (C=O) groups excluding carboxylic acids is 1. The second-order valence-corrected chi connectivity index (χ2v) is 6.45. The molecule has 1 aliphatic heterocycles. The van der Waals surface area contributed by atoms with Gasteiger partial charge in [0.05, 0.1) is 19.0 Å². The molecular weight excluding hydrogens is 288 g/mol. The lowest BCUT2D eigenvalue weighted by atomic mass is 10.2. The molecule has 1 amide bonds. The summed E-state index contributed by atoms with van der Waals surface area (Å²) in [6, 6.07) is -0.876. The van der Waals surface area contributed by atoms with E-state index < -0.39 is 27.9 Å². The first-order valence-corrected chi connectivity index (χ1v) is 8.06. The van der Waals surface area contributed by atoms with Crippen molar-refractivity contribution in [1.82, 2.24) is 9.62 Å². The first-order chi connectivity index (χ1) is 9.38. The topological polar surface area (TPSA) is 113 Å². The van der Waals surface area contributed by atoms with Crippen molar-refractivity contribution in [3.05, 3.63) is 0 Å². The van der Waals surface area contributed by atoms with E-state index in [-0.39, 0.29) is 38.4 Å². The van der Waals surface area contributed by atoms with Crippen molar-refractivity contribution < 1.29 is 27.9 Å². The molecule has 1 saturated heterocycles. The summed E-state index contributed by atoms with van der Waals surface area (Å²) < 4.78 is 30.6. The zero-order valence-corrected chi connectivity index (χ0v) is 12.2. The van der Waals surface area contributed by atoms with Gasteiger partial charge in [-0.1, -0.05) is 0 Å². The summed E-state index contributed by atoms with van der Waals surface area (Å²) in [4.78, 5) is 22.3. The van der Waals surface area contributed by atoms with Gasteiger partial charge in [0.2, 0.25) is 15.9 Å². The minimum atomic E-state index is -3.66. The van der Waals surface area contributed by atoms with Gasteiger partial charge in [0.1, 0.15) is 6.04 Å². The molecule has 1 unspecified atom stereocenters. The first-order valence-electron chi connectivity index (χ1n) is 6.45. The van der Waals surface area contributed by atoms with E-state index in [9.17, 15) is 18.0 Å². The maximum Gasteiger partial charge on any atom is 0.303 e. The van der Waals surface area contributed by atoms with Crippen LogP contribution in [-0.2, 0) is 24.3 Å². The Bertz CT molecular complexity index is 450. The van der Waals surface area contributed by atoms with E-state index in [0.717, 1.165) is 4.31 Å². The van der Waals surface area contributed by atoms with Crippen molar-refractivity contribution in [1.29, 1.82) is 0 Å². The molecule has 0 aromatic rings. The van der Waals surface area contributed by atoms with Crippen molar-refractivity contribution in [3.8, 4) is 0 Å². The quantitative estimate of drug-likeness (QED) is 0.625. The summed E-state index contributed by atoms with van der Waals surface area (Å²) in [6.45, 7) is 2.50. The molecule has 0 radical (unpaired) electrons. The molecule has 116 valence electrons. The lowest BCUT2D eigenvalue weighted by Crippen LogP contribution is -2.56. The number of sulfonamides is 1. The minimum Gasteiger partial charge on any atom is -0.481 e. The van der Waals surface area contributed by atoms with Gasteiger partial charge >= 0.3 is 5.97 Å². The van der Waals surface area contributed by atoms with Crippen molar-refractivity contribution >= 4 is 21.9 Å². The first kappa shape index (κ1) is 16.9. The van der Waals surface area contributed by atoms with Crippen LogP contribution in [0.3, 0.4) is 0 Å². The average molecular weight is 308 g/mol. The van der Waals surface area contributed by atoms with Crippen LogP contribution in [0.15, 0.2) is 0 Å². The predicted molar refractivity (Wildman–Crippen MR) is 70.7 cm³/mol. The molecule has 0 aromatic heterocycles. The minimum absolute atomic E-state index is 0.0179. The fraction of sp³-hybridized carbons (Fsp3) is 0.818. The molecule has 8 nitrogen and oxygen atoms in total. The molecule has 0 spiro atoms. The molecule has 1 aliphatic rings. The summed E-state index contributed by atoms with van der Waals surface area (Å²) in [5.41, 5.74) is 0. The number of nitrogens with zero attached hydrogens (tertiary/aromatic N) is 1. The highest BCUT2D eigenvalue weighted by Crippen LogP contribution is 2.14. The number of hydrogen-bond donors (Lipinski definition) is 2. The summed E-state index contributed by atoms with van der Waals surface area (Å²) in [7, 11) is -3.66. The van der Waals surface area contributed by atoms with Gasteiger partial charge < -0.3 is 15.2 Å². The summed E-state index contributed by atoms with van der Waals surface area (Å²) >= 11 is 0. The Labute approximate surface area is 118 Å². The number of carboxylic acids is 1. The third kappa shape index (κ3) is 4.73. The number of aliphatic carboxylic acids is 1. The van der Waals surface area contributed by atoms with Crippen molar-refractivity contribution in [2.45, 2.75) is 25.8 Å². The van der Waals surface area contributed by atoms with Crippen LogP contribution in [-0.4, -0.2) is 67.8 Å². The fourth-order valence-electron chi connectivity index (χ4n) is 1.94. The van der Waals surface area contributed by atoms with Gasteiger partial charge in [-0.05, 0) is 13.3 Å². The Morgan fingerprint density at radius 2 is 2.15 bits per heavy atom. The molecule has 1 atom stereocenters. The number of amides is 1. The molecule has 0 aromatic carbocycles. The number of likely N-dealkylation sites (N-methyl/N-ethyl adjacent to an activating group) is 1. The van der Waals surface area contributed by atoms with Gasteiger partial charge in [-0.2, -0.15) is 4.31 Å². The Morgan fingerprint density at radius 1 is 1.45 bits per heavy atom. The standard InChI is InChI=1S/C11H20N2O6S/c1-2-12-11(16)9-8-19-6-5-13(9)20(17,18)7-3-4-10(14)15/h9H,2-8H2,1H3,(H,12,16)(H,14,15). The van der Waals surface area contributed by atoms with Crippen LogP contribution in [0.1, 0.15) is 19.8 Å². The monoisotopic (exact) mass is 308 g/mol. The van der Waals surface area contributed by atoms with E-state index in [4.69, 9.17) is 9.84 Å². The largest absolute Gasteiger partial charge is 0.481 e. The zero-order valence-electron chi connectivity index (χ0n) is 11.4. The van der Waals surface area contributed by atoms with Crippen LogP contribution in [0.25, 0.3) is 0 Å².